The van der Waals surface area contributed by atoms with Crippen molar-refractivity contribution >= 4 is 11.8 Å². The minimum atomic E-state index is -1.02. The topological polar surface area (TPSA) is 93.2 Å². The summed E-state index contributed by atoms with van der Waals surface area (Å²) < 4.78 is 31.3. The van der Waals surface area contributed by atoms with Gasteiger partial charge in [-0.2, -0.15) is 0 Å². The summed E-state index contributed by atoms with van der Waals surface area (Å²) in [6, 6.07) is 4.13. The Morgan fingerprint density at radius 3 is 2.84 bits per heavy atom. The Morgan fingerprint density at radius 2 is 2.08 bits per heavy atom. The smallest absolute Gasteiger partial charge is 0.325 e. The molecule has 2 atom stereocenters. The van der Waals surface area contributed by atoms with Crippen LogP contribution in [0.1, 0.15) is 60.5 Å². The molecule has 1 saturated heterocycles. The first kappa shape index (κ1) is 27.1. The average Bonchev–Trinajstić information content (AvgIpc) is 3.33. The van der Waals surface area contributed by atoms with Crippen LogP contribution in [0.25, 0.3) is 0 Å². The number of hydrogen-bond donors (Lipinski definition) is 2. The van der Waals surface area contributed by atoms with Gasteiger partial charge in [0.1, 0.15) is 17.6 Å². The molecule has 0 spiro atoms. The van der Waals surface area contributed by atoms with Crippen LogP contribution in [0.3, 0.4) is 0 Å². The van der Waals surface area contributed by atoms with Crippen molar-refractivity contribution in [3.05, 3.63) is 46.4 Å². The number of carboxylic acid groups (broad SMARTS) is 1. The first-order valence-corrected chi connectivity index (χ1v) is 13.1. The van der Waals surface area contributed by atoms with Crippen LogP contribution in [-0.2, 0) is 22.4 Å². The Labute approximate surface area is 218 Å². The molecule has 0 amide bonds. The second kappa shape index (κ2) is 12.6. The zero-order valence-corrected chi connectivity index (χ0v) is 22.0. The number of aromatic nitrogens is 1. The van der Waals surface area contributed by atoms with Crippen molar-refractivity contribution in [3.63, 3.8) is 0 Å². The molecule has 202 valence electrons. The van der Waals surface area contributed by atoms with Gasteiger partial charge < -0.3 is 24.6 Å². The van der Waals surface area contributed by atoms with Gasteiger partial charge in [-0.05, 0) is 63.1 Å². The fraction of sp³-hybridized carbons (Fsp3) is 0.571. The Balaban J connectivity index is 1.24. The van der Waals surface area contributed by atoms with Gasteiger partial charge in [-0.1, -0.05) is 6.42 Å². The summed E-state index contributed by atoms with van der Waals surface area (Å²) in [5.41, 5.74) is 3.22. The number of pyridine rings is 1. The number of aliphatic carboxylic acids is 1. The van der Waals surface area contributed by atoms with Crippen LogP contribution in [-0.4, -0.2) is 67.5 Å². The van der Waals surface area contributed by atoms with E-state index < -0.39 is 17.8 Å². The number of fused-ring (bicyclic) bond motifs is 1. The van der Waals surface area contributed by atoms with Crippen molar-refractivity contribution in [2.75, 3.05) is 45.8 Å². The lowest BCUT2D eigenvalue weighted by atomic mass is 10.0. The predicted molar refractivity (Wildman–Crippen MR) is 139 cm³/mol. The molecule has 1 aromatic carbocycles. The number of rotatable bonds is 12. The highest BCUT2D eigenvalue weighted by atomic mass is 19.1. The van der Waals surface area contributed by atoms with Crippen LogP contribution in [0.4, 0.5) is 10.2 Å². The number of benzene rings is 1. The predicted octanol–water partition coefficient (Wildman–Crippen LogP) is 4.53. The van der Waals surface area contributed by atoms with Crippen LogP contribution >= 0.6 is 0 Å². The molecule has 3 heterocycles. The molecule has 2 aliphatic rings. The van der Waals surface area contributed by atoms with E-state index >= 15 is 0 Å². The number of hydrogen-bond acceptors (Lipinski definition) is 7. The van der Waals surface area contributed by atoms with Crippen LogP contribution in [0, 0.1) is 12.7 Å². The molecule has 2 aromatic rings. The van der Waals surface area contributed by atoms with Crippen molar-refractivity contribution < 1.29 is 28.5 Å². The molecular weight excluding hydrogens is 477 g/mol. The number of likely N-dealkylation sites (tertiary alicyclic amines) is 1. The lowest BCUT2D eigenvalue weighted by molar-refractivity contribution is -0.143. The third-order valence-electron chi connectivity index (χ3n) is 7.17. The molecule has 4 rings (SSSR count). The van der Waals surface area contributed by atoms with Crippen LogP contribution in [0.2, 0.25) is 0 Å². The zero-order chi connectivity index (χ0) is 26.4. The molecule has 0 radical (unpaired) electrons. The fourth-order valence-corrected chi connectivity index (χ4v) is 5.39. The number of halogens is 1. The standard InChI is InChI=1S/C28H38FN3O5/c1-18-14-22(26(36-3)23(29)15-18)25(28(33)34)32-12-10-20(17-32)37-13-6-4-5-8-19-16-24(35-2)21-9-7-11-30-27(21)31-19/h14-16,20,25H,4-13,17H2,1-3H3,(H,30,31)(H,33,34)/t20-,25+/m1/s1. The molecule has 0 unspecified atom stereocenters. The fourth-order valence-electron chi connectivity index (χ4n) is 5.39. The van der Waals surface area contributed by atoms with Crippen LogP contribution in [0.5, 0.6) is 11.5 Å². The van der Waals surface area contributed by atoms with E-state index in [0.717, 1.165) is 68.8 Å². The second-order valence-electron chi connectivity index (χ2n) is 9.87. The van der Waals surface area contributed by atoms with E-state index in [0.29, 0.717) is 30.8 Å². The van der Waals surface area contributed by atoms with E-state index in [1.165, 1.54) is 18.7 Å². The van der Waals surface area contributed by atoms with E-state index in [4.69, 9.17) is 19.2 Å². The highest BCUT2D eigenvalue weighted by Gasteiger charge is 2.36. The first-order chi connectivity index (χ1) is 17.9. The Morgan fingerprint density at radius 1 is 1.24 bits per heavy atom. The highest BCUT2D eigenvalue weighted by molar-refractivity contribution is 5.77. The number of carboxylic acids is 1. The van der Waals surface area contributed by atoms with Gasteiger partial charge in [0.05, 0.1) is 20.3 Å². The number of carbonyl (C=O) groups is 1. The van der Waals surface area contributed by atoms with Crippen molar-refractivity contribution in [3.8, 4) is 11.5 Å². The van der Waals surface area contributed by atoms with Gasteiger partial charge in [0.25, 0.3) is 0 Å². The monoisotopic (exact) mass is 515 g/mol. The summed E-state index contributed by atoms with van der Waals surface area (Å²) in [7, 11) is 3.07. The number of ether oxygens (including phenoxy) is 3. The van der Waals surface area contributed by atoms with E-state index in [1.807, 2.05) is 4.90 Å². The van der Waals surface area contributed by atoms with E-state index in [2.05, 4.69) is 11.4 Å². The molecule has 37 heavy (non-hydrogen) atoms. The number of aryl methyl sites for hydroxylation is 2. The summed E-state index contributed by atoms with van der Waals surface area (Å²) in [6.07, 6.45) is 6.63. The van der Waals surface area contributed by atoms with Crippen molar-refractivity contribution in [2.45, 2.75) is 64.0 Å². The molecule has 2 aliphatic heterocycles. The van der Waals surface area contributed by atoms with Crippen molar-refractivity contribution in [1.29, 1.82) is 0 Å². The zero-order valence-electron chi connectivity index (χ0n) is 22.0. The van der Waals surface area contributed by atoms with Gasteiger partial charge in [-0.25, -0.2) is 9.37 Å². The lowest BCUT2D eigenvalue weighted by Gasteiger charge is -2.26. The number of unbranched alkanes of at least 4 members (excludes halogenated alkanes) is 2. The molecule has 1 fully saturated rings. The summed E-state index contributed by atoms with van der Waals surface area (Å²) in [5, 5.41) is 13.3. The normalized spacial score (nSPS) is 18.2. The highest BCUT2D eigenvalue weighted by Crippen LogP contribution is 2.35. The number of nitrogens with zero attached hydrogens (tertiary/aromatic N) is 2. The van der Waals surface area contributed by atoms with Gasteiger partial charge in [0.15, 0.2) is 11.6 Å². The Kier molecular flexibility index (Phi) is 9.21. The summed E-state index contributed by atoms with van der Waals surface area (Å²) in [5.74, 6) is 0.305. The SMILES string of the molecule is COc1cc(CCCCCO[C@@H]2CCN([C@H](C(=O)O)c3cc(C)cc(F)c3OC)C2)nc2c1CCCN2. The van der Waals surface area contributed by atoms with Crippen LogP contribution < -0.4 is 14.8 Å². The van der Waals surface area contributed by atoms with Gasteiger partial charge in [0.2, 0.25) is 0 Å². The Hall–Kier alpha value is -2.91. The molecule has 0 saturated carbocycles. The van der Waals surface area contributed by atoms with Crippen molar-refractivity contribution in [1.82, 2.24) is 9.88 Å². The van der Waals surface area contributed by atoms with Gasteiger partial charge in [0, 0.05) is 49.1 Å². The van der Waals surface area contributed by atoms with E-state index in [1.54, 1.807) is 20.1 Å². The first-order valence-electron chi connectivity index (χ1n) is 13.1. The van der Waals surface area contributed by atoms with Gasteiger partial charge >= 0.3 is 5.97 Å². The number of nitrogens with one attached hydrogen (secondary N) is 1. The number of anilines is 1. The molecular formula is C28H38FN3O5. The van der Waals surface area contributed by atoms with Crippen molar-refractivity contribution in [2.24, 2.45) is 0 Å². The number of methoxy groups -OCH3 is 2. The van der Waals surface area contributed by atoms with Gasteiger partial charge in [-0.15, -0.1) is 0 Å². The molecule has 1 aromatic heterocycles. The minimum Gasteiger partial charge on any atom is -0.496 e. The maximum atomic E-state index is 14.4. The van der Waals surface area contributed by atoms with E-state index in [9.17, 15) is 14.3 Å². The molecule has 0 bridgehead atoms. The summed E-state index contributed by atoms with van der Waals surface area (Å²) >= 11 is 0. The third-order valence-corrected chi connectivity index (χ3v) is 7.17. The molecule has 9 heteroatoms. The summed E-state index contributed by atoms with van der Waals surface area (Å²) in [6.45, 7) is 4.38. The molecule has 2 N–H and O–H groups in total. The van der Waals surface area contributed by atoms with Crippen LogP contribution in [0.15, 0.2) is 18.2 Å². The minimum absolute atomic E-state index is 0.0100. The maximum absolute atomic E-state index is 14.4. The molecule has 0 aliphatic carbocycles. The maximum Gasteiger partial charge on any atom is 0.325 e. The largest absolute Gasteiger partial charge is 0.496 e. The average molecular weight is 516 g/mol. The quantitative estimate of drug-likeness (QED) is 0.398. The second-order valence-corrected chi connectivity index (χ2v) is 9.87. The van der Waals surface area contributed by atoms with Gasteiger partial charge in [-0.3, -0.25) is 9.69 Å². The molecule has 8 nitrogen and oxygen atoms in total. The Bertz CT molecular complexity index is 1080. The third kappa shape index (κ3) is 6.51. The summed E-state index contributed by atoms with van der Waals surface area (Å²) in [4.78, 5) is 18.8. The van der Waals surface area contributed by atoms with E-state index in [-0.39, 0.29) is 11.9 Å². The lowest BCUT2D eigenvalue weighted by Crippen LogP contribution is -2.34.